The van der Waals surface area contributed by atoms with E-state index in [0.717, 1.165) is 0 Å². The Kier molecular flexibility index (Phi) is 6.17. The van der Waals surface area contributed by atoms with Crippen LogP contribution < -0.4 is 0 Å². The van der Waals surface area contributed by atoms with Crippen LogP contribution in [0.3, 0.4) is 0 Å². The summed E-state index contributed by atoms with van der Waals surface area (Å²) in [6.07, 6.45) is 1.24. The van der Waals surface area contributed by atoms with Gasteiger partial charge < -0.3 is 14.9 Å². The van der Waals surface area contributed by atoms with Crippen LogP contribution in [0.15, 0.2) is 11.3 Å². The lowest BCUT2D eigenvalue weighted by atomic mass is 10.1. The van der Waals surface area contributed by atoms with E-state index in [9.17, 15) is 9.59 Å². The summed E-state index contributed by atoms with van der Waals surface area (Å²) in [6, 6.07) is 0. The molecule has 0 bridgehead atoms. The standard InChI is InChI=1S/C10H16O5/c1-3-8(11)15-6-4-5-7(2)9(12)10(13)14/h12H,3-6H2,1-2H3,(H,13,14). The van der Waals surface area contributed by atoms with Crippen molar-refractivity contribution in [1.82, 2.24) is 0 Å². The maximum Gasteiger partial charge on any atom is 0.370 e. The molecule has 0 spiro atoms. The van der Waals surface area contributed by atoms with E-state index < -0.39 is 11.7 Å². The molecule has 86 valence electrons. The SMILES string of the molecule is CCC(=O)OCCCC(C)=C(O)C(=O)O. The van der Waals surface area contributed by atoms with Crippen molar-refractivity contribution >= 4 is 11.9 Å². The van der Waals surface area contributed by atoms with Gasteiger partial charge in [-0.1, -0.05) is 6.92 Å². The number of esters is 1. The average molecular weight is 216 g/mol. The summed E-state index contributed by atoms with van der Waals surface area (Å²) in [5.74, 6) is -2.24. The van der Waals surface area contributed by atoms with Gasteiger partial charge >= 0.3 is 11.9 Å². The minimum atomic E-state index is -1.34. The van der Waals surface area contributed by atoms with Gasteiger partial charge in [-0.25, -0.2) is 4.79 Å². The normalized spacial score (nSPS) is 11.9. The molecule has 0 aromatic heterocycles. The molecule has 0 unspecified atom stereocenters. The molecule has 0 heterocycles. The van der Waals surface area contributed by atoms with Gasteiger partial charge in [0, 0.05) is 6.42 Å². The third-order valence-corrected chi connectivity index (χ3v) is 1.85. The maximum absolute atomic E-state index is 10.7. The fraction of sp³-hybridized carbons (Fsp3) is 0.600. The van der Waals surface area contributed by atoms with Crippen molar-refractivity contribution in [2.45, 2.75) is 33.1 Å². The first-order chi connectivity index (χ1) is 6.99. The highest BCUT2D eigenvalue weighted by molar-refractivity contribution is 5.84. The van der Waals surface area contributed by atoms with Gasteiger partial charge in [-0.05, 0) is 25.3 Å². The Morgan fingerprint density at radius 2 is 1.87 bits per heavy atom. The van der Waals surface area contributed by atoms with Crippen LogP contribution in [0.4, 0.5) is 0 Å². The monoisotopic (exact) mass is 216 g/mol. The summed E-state index contributed by atoms with van der Waals surface area (Å²) < 4.78 is 4.79. The van der Waals surface area contributed by atoms with Crippen LogP contribution in [0.5, 0.6) is 0 Å². The molecular formula is C10H16O5. The third kappa shape index (κ3) is 5.72. The number of rotatable bonds is 6. The van der Waals surface area contributed by atoms with Crippen LogP contribution in [0, 0.1) is 0 Å². The van der Waals surface area contributed by atoms with Crippen LogP contribution in [0.25, 0.3) is 0 Å². The minimum absolute atomic E-state index is 0.247. The Labute approximate surface area is 88.4 Å². The average Bonchev–Trinajstić information content (AvgIpc) is 2.22. The first kappa shape index (κ1) is 13.5. The van der Waals surface area contributed by atoms with Crippen molar-refractivity contribution in [2.75, 3.05) is 6.61 Å². The molecule has 0 aliphatic heterocycles. The number of carbonyl (C=O) groups excluding carboxylic acids is 1. The topological polar surface area (TPSA) is 83.8 Å². The molecule has 0 saturated heterocycles. The summed E-state index contributed by atoms with van der Waals surface area (Å²) in [5, 5.41) is 17.5. The van der Waals surface area contributed by atoms with Gasteiger partial charge in [-0.15, -0.1) is 0 Å². The van der Waals surface area contributed by atoms with E-state index in [1.54, 1.807) is 6.92 Å². The third-order valence-electron chi connectivity index (χ3n) is 1.85. The summed E-state index contributed by atoms with van der Waals surface area (Å²) >= 11 is 0. The molecule has 0 rings (SSSR count). The van der Waals surface area contributed by atoms with E-state index in [1.807, 2.05) is 0 Å². The summed E-state index contributed by atoms with van der Waals surface area (Å²) in [5.41, 5.74) is 0.384. The lowest BCUT2D eigenvalue weighted by Crippen LogP contribution is -2.05. The quantitative estimate of drug-likeness (QED) is 0.305. The minimum Gasteiger partial charge on any atom is -0.502 e. The van der Waals surface area contributed by atoms with Gasteiger partial charge in [0.2, 0.25) is 5.76 Å². The molecule has 0 aromatic rings. The highest BCUT2D eigenvalue weighted by Crippen LogP contribution is 2.08. The van der Waals surface area contributed by atoms with E-state index in [4.69, 9.17) is 14.9 Å². The van der Waals surface area contributed by atoms with E-state index in [0.29, 0.717) is 24.8 Å². The van der Waals surface area contributed by atoms with Gasteiger partial charge in [-0.3, -0.25) is 4.79 Å². The number of ether oxygens (including phenoxy) is 1. The van der Waals surface area contributed by atoms with Crippen LogP contribution in [-0.4, -0.2) is 28.8 Å². The van der Waals surface area contributed by atoms with Crippen molar-refractivity contribution < 1.29 is 24.5 Å². The molecule has 0 aliphatic carbocycles. The first-order valence-electron chi connectivity index (χ1n) is 4.76. The number of allylic oxidation sites excluding steroid dienone is 1. The lowest BCUT2D eigenvalue weighted by molar-refractivity contribution is -0.143. The number of aliphatic hydroxyl groups is 1. The number of hydrogen-bond donors (Lipinski definition) is 2. The number of carbonyl (C=O) groups is 2. The second kappa shape index (κ2) is 6.86. The van der Waals surface area contributed by atoms with Crippen LogP contribution >= 0.6 is 0 Å². The van der Waals surface area contributed by atoms with Gasteiger partial charge in [0.05, 0.1) is 6.61 Å². The van der Waals surface area contributed by atoms with Gasteiger partial charge in [0.15, 0.2) is 0 Å². The predicted octanol–water partition coefficient (Wildman–Crippen LogP) is 1.64. The zero-order chi connectivity index (χ0) is 11.8. The van der Waals surface area contributed by atoms with Crippen molar-refractivity contribution in [1.29, 1.82) is 0 Å². The molecule has 5 nitrogen and oxygen atoms in total. The first-order valence-corrected chi connectivity index (χ1v) is 4.76. The van der Waals surface area contributed by atoms with Gasteiger partial charge in [0.25, 0.3) is 0 Å². The molecule has 0 radical (unpaired) electrons. The summed E-state index contributed by atoms with van der Waals surface area (Å²) in [4.78, 5) is 21.1. The maximum atomic E-state index is 10.7. The fourth-order valence-corrected chi connectivity index (χ4v) is 0.926. The molecule has 0 aromatic carbocycles. The molecule has 0 saturated carbocycles. The molecule has 15 heavy (non-hydrogen) atoms. The Bertz CT molecular complexity index is 267. The van der Waals surface area contributed by atoms with Crippen molar-refractivity contribution in [3.05, 3.63) is 11.3 Å². The Morgan fingerprint density at radius 3 is 2.33 bits per heavy atom. The smallest absolute Gasteiger partial charge is 0.370 e. The van der Waals surface area contributed by atoms with E-state index in [1.165, 1.54) is 6.92 Å². The molecule has 0 amide bonds. The second-order valence-electron chi connectivity index (χ2n) is 3.11. The molecular weight excluding hydrogens is 200 g/mol. The number of hydrogen-bond acceptors (Lipinski definition) is 4. The van der Waals surface area contributed by atoms with E-state index >= 15 is 0 Å². The van der Waals surface area contributed by atoms with Crippen LogP contribution in [0.1, 0.15) is 33.1 Å². The zero-order valence-corrected chi connectivity index (χ0v) is 8.95. The zero-order valence-electron chi connectivity index (χ0n) is 8.95. The molecule has 0 aliphatic rings. The van der Waals surface area contributed by atoms with Crippen molar-refractivity contribution in [3.63, 3.8) is 0 Å². The Morgan fingerprint density at radius 1 is 1.27 bits per heavy atom. The van der Waals surface area contributed by atoms with Gasteiger partial charge in [-0.2, -0.15) is 0 Å². The van der Waals surface area contributed by atoms with Crippen LogP contribution in [0.2, 0.25) is 0 Å². The molecule has 0 atom stereocenters. The van der Waals surface area contributed by atoms with E-state index in [2.05, 4.69) is 0 Å². The number of aliphatic hydroxyl groups excluding tert-OH is 1. The lowest BCUT2D eigenvalue weighted by Gasteiger charge is -2.04. The van der Waals surface area contributed by atoms with Crippen molar-refractivity contribution in [3.8, 4) is 0 Å². The second-order valence-corrected chi connectivity index (χ2v) is 3.11. The molecule has 0 fully saturated rings. The number of carboxylic acids is 1. The summed E-state index contributed by atoms with van der Waals surface area (Å²) in [7, 11) is 0. The fourth-order valence-electron chi connectivity index (χ4n) is 0.926. The molecule has 5 heteroatoms. The number of carboxylic acid groups (broad SMARTS) is 1. The highest BCUT2D eigenvalue weighted by atomic mass is 16.5. The van der Waals surface area contributed by atoms with E-state index in [-0.39, 0.29) is 12.6 Å². The van der Waals surface area contributed by atoms with Crippen LogP contribution in [-0.2, 0) is 14.3 Å². The Hall–Kier alpha value is -1.52. The predicted molar refractivity (Wildman–Crippen MR) is 53.4 cm³/mol. The van der Waals surface area contributed by atoms with Crippen molar-refractivity contribution in [2.24, 2.45) is 0 Å². The Balaban J connectivity index is 3.82. The summed E-state index contributed by atoms with van der Waals surface area (Å²) in [6.45, 7) is 3.48. The molecule has 2 N–H and O–H groups in total. The highest BCUT2D eigenvalue weighted by Gasteiger charge is 2.08. The van der Waals surface area contributed by atoms with Gasteiger partial charge in [0.1, 0.15) is 0 Å². The number of aliphatic carboxylic acids is 1. The largest absolute Gasteiger partial charge is 0.502 e.